The van der Waals surface area contributed by atoms with Crippen LogP contribution in [0.1, 0.15) is 71.9 Å². The summed E-state index contributed by atoms with van der Waals surface area (Å²) in [4.78, 5) is 23.2. The Bertz CT molecular complexity index is 1810. The number of nitrogens with two attached hydrogens (primary N) is 1. The van der Waals surface area contributed by atoms with Crippen LogP contribution in [0.2, 0.25) is 4.34 Å². The molecule has 1 saturated carbocycles. The highest BCUT2D eigenvalue weighted by Gasteiger charge is 2.35. The van der Waals surface area contributed by atoms with Gasteiger partial charge in [-0.15, -0.1) is 11.3 Å². The number of benzene rings is 2. The van der Waals surface area contributed by atoms with Gasteiger partial charge in [0.05, 0.1) is 40.9 Å². The van der Waals surface area contributed by atoms with E-state index in [1.165, 1.54) is 24.5 Å². The van der Waals surface area contributed by atoms with Gasteiger partial charge in [0.25, 0.3) is 5.91 Å². The van der Waals surface area contributed by atoms with Crippen LogP contribution < -0.4 is 20.5 Å². The first kappa shape index (κ1) is 33.3. The maximum absolute atomic E-state index is 15.4. The number of thiophene rings is 1. The predicted molar refractivity (Wildman–Crippen MR) is 181 cm³/mol. The molecular weight excluding hydrogens is 630 g/mol. The molecule has 3 N–H and O–H groups in total. The zero-order valence-corrected chi connectivity index (χ0v) is 28.0. The van der Waals surface area contributed by atoms with Gasteiger partial charge in [0, 0.05) is 35.5 Å². The van der Waals surface area contributed by atoms with Crippen molar-refractivity contribution in [1.82, 2.24) is 10.3 Å². The smallest absolute Gasteiger partial charge is 0.251 e. The maximum atomic E-state index is 15.4. The molecule has 46 heavy (non-hydrogen) atoms. The number of hydrogen-bond acceptors (Lipinski definition) is 7. The summed E-state index contributed by atoms with van der Waals surface area (Å²) >= 11 is 7.77. The lowest BCUT2D eigenvalue weighted by atomic mass is 9.79. The summed E-state index contributed by atoms with van der Waals surface area (Å²) < 4.78 is 41.7. The summed E-state index contributed by atoms with van der Waals surface area (Å²) in [5.41, 5.74) is 9.59. The molecule has 0 aliphatic heterocycles. The number of nitrogens with zero attached hydrogens (tertiary/aromatic N) is 2. The molecule has 0 spiro atoms. The van der Waals surface area contributed by atoms with Crippen molar-refractivity contribution >= 4 is 40.7 Å². The normalized spacial score (nSPS) is 14.3. The van der Waals surface area contributed by atoms with Crippen LogP contribution in [0.25, 0.3) is 11.3 Å². The monoisotopic (exact) mass is 666 g/mol. The number of hydrogen-bond donors (Lipinski definition) is 2. The lowest BCUT2D eigenvalue weighted by Crippen LogP contribution is -2.40. The number of anilines is 1. The summed E-state index contributed by atoms with van der Waals surface area (Å²) in [5, 5.41) is 4.99. The third kappa shape index (κ3) is 6.88. The van der Waals surface area contributed by atoms with Crippen LogP contribution in [0, 0.1) is 18.6 Å². The zero-order valence-electron chi connectivity index (χ0n) is 26.5. The first-order chi connectivity index (χ1) is 22.0. The molecule has 11 heteroatoms. The summed E-state index contributed by atoms with van der Waals surface area (Å²) in [6, 6.07) is 9.64. The number of amides is 1. The molecule has 2 heterocycles. The average molecular weight is 667 g/mol. The van der Waals surface area contributed by atoms with E-state index in [-0.39, 0.29) is 35.3 Å². The summed E-state index contributed by atoms with van der Waals surface area (Å²) in [5.74, 6) is -0.938. The molecule has 242 valence electrons. The molecule has 0 radical (unpaired) electrons. The highest BCUT2D eigenvalue weighted by Crippen LogP contribution is 2.41. The van der Waals surface area contributed by atoms with E-state index >= 15 is 4.39 Å². The van der Waals surface area contributed by atoms with Crippen molar-refractivity contribution in [2.45, 2.75) is 58.4 Å². The molecule has 2 aromatic heterocycles. The number of nitrogen functional groups attached to an aromatic ring is 1. The Balaban J connectivity index is 1.59. The Hall–Kier alpha value is -4.02. The van der Waals surface area contributed by atoms with Gasteiger partial charge in [0.2, 0.25) is 0 Å². The van der Waals surface area contributed by atoms with Gasteiger partial charge in [0.15, 0.2) is 0 Å². The summed E-state index contributed by atoms with van der Waals surface area (Å²) in [7, 11) is 1.50. The van der Waals surface area contributed by atoms with Gasteiger partial charge in [-0.25, -0.2) is 13.8 Å². The Morgan fingerprint density at radius 1 is 1.20 bits per heavy atom. The average Bonchev–Trinajstić information content (AvgIpc) is 3.77. The molecule has 2 aromatic carbocycles. The van der Waals surface area contributed by atoms with Crippen LogP contribution >= 0.6 is 22.9 Å². The number of methoxy groups -OCH3 is 1. The van der Waals surface area contributed by atoms with E-state index in [9.17, 15) is 9.18 Å². The van der Waals surface area contributed by atoms with Gasteiger partial charge < -0.3 is 20.5 Å². The number of pyridine rings is 1. The molecule has 1 atom stereocenters. The number of nitrogens with one attached hydrogen (secondary N) is 1. The van der Waals surface area contributed by atoms with Crippen molar-refractivity contribution in [2.24, 2.45) is 4.99 Å². The Morgan fingerprint density at radius 2 is 1.96 bits per heavy atom. The van der Waals surface area contributed by atoms with Crippen molar-refractivity contribution in [3.8, 4) is 22.8 Å². The van der Waals surface area contributed by atoms with Crippen LogP contribution in [0.15, 0.2) is 46.8 Å². The topological polar surface area (TPSA) is 98.8 Å². The van der Waals surface area contributed by atoms with Crippen LogP contribution in [-0.2, 0) is 11.8 Å². The molecule has 1 aliphatic rings. The van der Waals surface area contributed by atoms with E-state index in [2.05, 4.69) is 10.3 Å². The molecule has 1 amide bonds. The molecule has 7 nitrogen and oxygen atoms in total. The van der Waals surface area contributed by atoms with Gasteiger partial charge in [-0.3, -0.25) is 9.79 Å². The van der Waals surface area contributed by atoms with Crippen molar-refractivity contribution in [1.29, 1.82) is 0 Å². The fourth-order valence-electron chi connectivity index (χ4n) is 5.22. The maximum Gasteiger partial charge on any atom is 0.251 e. The largest absolute Gasteiger partial charge is 0.495 e. The predicted octanol–water partition coefficient (Wildman–Crippen LogP) is 7.92. The highest BCUT2D eigenvalue weighted by atomic mass is 35.5. The van der Waals surface area contributed by atoms with Crippen molar-refractivity contribution in [3.05, 3.63) is 91.3 Å². The van der Waals surface area contributed by atoms with Crippen molar-refractivity contribution in [2.75, 3.05) is 26.0 Å². The number of halogens is 3. The molecule has 0 bridgehead atoms. The van der Waals surface area contributed by atoms with E-state index in [1.54, 1.807) is 25.3 Å². The number of carbonyl (C=O) groups is 1. The summed E-state index contributed by atoms with van der Waals surface area (Å²) in [6.07, 6.45) is 4.32. The van der Waals surface area contributed by atoms with Crippen molar-refractivity contribution in [3.63, 3.8) is 0 Å². The number of rotatable bonds is 12. The van der Waals surface area contributed by atoms with E-state index in [1.807, 2.05) is 38.3 Å². The van der Waals surface area contributed by atoms with Gasteiger partial charge in [-0.05, 0) is 92.4 Å². The van der Waals surface area contributed by atoms with Crippen LogP contribution in [0.3, 0.4) is 0 Å². The molecular formula is C35H37ClF2N4O3S. The number of aliphatic imine (C=N–C) groups is 1. The first-order valence-corrected chi connectivity index (χ1v) is 16.4. The minimum atomic E-state index is -0.914. The van der Waals surface area contributed by atoms with E-state index in [0.717, 1.165) is 30.0 Å². The second kappa shape index (κ2) is 13.8. The van der Waals surface area contributed by atoms with Gasteiger partial charge >= 0.3 is 0 Å². The van der Waals surface area contributed by atoms with Crippen LogP contribution in [0.4, 0.5) is 14.5 Å². The minimum absolute atomic E-state index is 0.117. The second-order valence-electron chi connectivity index (χ2n) is 11.6. The summed E-state index contributed by atoms with van der Waals surface area (Å²) in [6.45, 7) is 7.77. The molecule has 5 rings (SSSR count). The first-order valence-electron chi connectivity index (χ1n) is 15.2. The fraction of sp³-hybridized carbons (Fsp3) is 0.343. The van der Waals surface area contributed by atoms with Gasteiger partial charge in [-0.1, -0.05) is 18.5 Å². The SMILES string of the molecule is CCOc1c(CC)cc(C(C)(CNC(=O)c2cc(C=NC3CC3)c(N)c(OC)c2)c2csc(Cl)c2)nc1-c1cc(C)c(F)cc1F. The van der Waals surface area contributed by atoms with Crippen LogP contribution in [-0.4, -0.2) is 43.4 Å². The second-order valence-corrected chi connectivity index (χ2v) is 13.1. The standard InChI is InChI=1S/C35H37ClF2N4O3S/c1-6-20-13-29(42-32(33(20)45-7-2)25-10-19(3)26(37)15-27(25)38)35(4,23-14-30(36)46-17-23)18-41-34(43)21-11-22(16-40-24-8-9-24)31(39)28(12-21)44-5/h10-17,24H,6-9,18,39H2,1-5H3,(H,41,43). The minimum Gasteiger partial charge on any atom is -0.495 e. The Kier molecular flexibility index (Phi) is 9.98. The number of aryl methyl sites for hydroxylation is 2. The van der Waals surface area contributed by atoms with E-state index in [0.29, 0.717) is 51.4 Å². The lowest BCUT2D eigenvalue weighted by Gasteiger charge is -2.31. The fourth-order valence-corrected chi connectivity index (χ4v) is 6.24. The van der Waals surface area contributed by atoms with E-state index in [4.69, 9.17) is 31.8 Å². The van der Waals surface area contributed by atoms with Gasteiger partial charge in [0.1, 0.15) is 28.8 Å². The molecule has 4 aromatic rings. The zero-order chi connectivity index (χ0) is 33.2. The molecule has 1 fully saturated rings. The Morgan fingerprint density at radius 3 is 2.59 bits per heavy atom. The van der Waals surface area contributed by atoms with Gasteiger partial charge in [-0.2, -0.15) is 0 Å². The third-order valence-electron chi connectivity index (χ3n) is 8.22. The third-order valence-corrected chi connectivity index (χ3v) is 9.31. The number of ether oxygens (including phenoxy) is 2. The molecule has 1 unspecified atom stereocenters. The molecule has 0 saturated heterocycles. The highest BCUT2D eigenvalue weighted by molar-refractivity contribution is 7.14. The quantitative estimate of drug-likeness (QED) is 0.118. The number of aromatic nitrogens is 1. The number of carbonyl (C=O) groups excluding carboxylic acids is 1. The van der Waals surface area contributed by atoms with Crippen molar-refractivity contribution < 1.29 is 23.0 Å². The molecule has 1 aliphatic carbocycles. The lowest BCUT2D eigenvalue weighted by molar-refractivity contribution is 0.0946. The van der Waals surface area contributed by atoms with E-state index < -0.39 is 17.0 Å². The van der Waals surface area contributed by atoms with Crippen LogP contribution in [0.5, 0.6) is 11.5 Å². The Labute approximate surface area is 276 Å².